The zero-order valence-electron chi connectivity index (χ0n) is 14.0. The van der Waals surface area contributed by atoms with Crippen LogP contribution >= 0.6 is 27.5 Å². The van der Waals surface area contributed by atoms with Gasteiger partial charge in [0.1, 0.15) is 4.91 Å². The molecule has 3 aromatic rings. The van der Waals surface area contributed by atoms with Gasteiger partial charge in [0.2, 0.25) is 15.6 Å². The van der Waals surface area contributed by atoms with Crippen molar-refractivity contribution in [2.24, 2.45) is 0 Å². The fourth-order valence-electron chi connectivity index (χ4n) is 2.49. The highest BCUT2D eigenvalue weighted by Gasteiger charge is 2.29. The third kappa shape index (κ3) is 4.38. The van der Waals surface area contributed by atoms with Gasteiger partial charge in [-0.1, -0.05) is 82.1 Å². The summed E-state index contributed by atoms with van der Waals surface area (Å²) in [5, 5.41) is 0.0695. The van der Waals surface area contributed by atoms with E-state index in [0.29, 0.717) is 5.56 Å². The second kappa shape index (κ2) is 8.21. The molecule has 3 aromatic carbocycles. The van der Waals surface area contributed by atoms with Crippen molar-refractivity contribution in [3.05, 3.63) is 104 Å². The Morgan fingerprint density at radius 1 is 0.852 bits per heavy atom. The van der Waals surface area contributed by atoms with Crippen LogP contribution in [-0.4, -0.2) is 14.2 Å². The largest absolute Gasteiger partial charge is 0.288 e. The lowest BCUT2D eigenvalue weighted by atomic mass is 10.1. The van der Waals surface area contributed by atoms with Crippen LogP contribution < -0.4 is 0 Å². The first-order valence-corrected chi connectivity index (χ1v) is 10.6. The maximum absolute atomic E-state index is 13.3. The van der Waals surface area contributed by atoms with E-state index in [1.165, 1.54) is 18.2 Å². The van der Waals surface area contributed by atoms with Crippen LogP contribution in [0, 0.1) is 0 Å². The summed E-state index contributed by atoms with van der Waals surface area (Å²) in [7, 11) is -4.12. The molecule has 6 heteroatoms. The van der Waals surface area contributed by atoms with Gasteiger partial charge in [-0.05, 0) is 35.9 Å². The third-order valence-electron chi connectivity index (χ3n) is 3.84. The van der Waals surface area contributed by atoms with Crippen LogP contribution in [0.4, 0.5) is 0 Å². The van der Waals surface area contributed by atoms with Crippen molar-refractivity contribution in [1.82, 2.24) is 0 Å². The van der Waals surface area contributed by atoms with Crippen LogP contribution in [0.3, 0.4) is 0 Å². The average Bonchev–Trinajstić information content (AvgIpc) is 2.68. The molecule has 0 N–H and O–H groups in total. The van der Waals surface area contributed by atoms with Crippen LogP contribution in [0.15, 0.2) is 93.1 Å². The normalized spacial score (nSPS) is 12.0. The van der Waals surface area contributed by atoms with Crippen LogP contribution in [0.25, 0.3) is 6.08 Å². The molecule has 0 heterocycles. The first kappa shape index (κ1) is 19.5. The Balaban J connectivity index is 2.20. The van der Waals surface area contributed by atoms with Crippen LogP contribution in [0.1, 0.15) is 15.9 Å². The minimum atomic E-state index is -4.12. The Kier molecular flexibility index (Phi) is 5.95. The number of hydrogen-bond donors (Lipinski definition) is 0. The van der Waals surface area contributed by atoms with Crippen molar-refractivity contribution < 1.29 is 13.2 Å². The summed E-state index contributed by atoms with van der Waals surface area (Å²) in [6.07, 6.45) is 1.38. The van der Waals surface area contributed by atoms with E-state index >= 15 is 0 Å². The standard InChI is InChI=1S/C21H14BrClO3S/c22-17-12-10-15(11-13-17)14-20(21(24)16-6-2-1-3-7-16)27(25,26)19-9-5-4-8-18(19)23/h1-14H. The highest BCUT2D eigenvalue weighted by Crippen LogP contribution is 2.30. The molecule has 0 bridgehead atoms. The molecule has 0 fully saturated rings. The van der Waals surface area contributed by atoms with Gasteiger partial charge in [-0.15, -0.1) is 0 Å². The number of halogens is 2. The first-order valence-electron chi connectivity index (χ1n) is 7.96. The van der Waals surface area contributed by atoms with Crippen molar-refractivity contribution in [2.45, 2.75) is 4.90 Å². The molecular weight excluding hydrogens is 448 g/mol. The SMILES string of the molecule is O=C(C(=Cc1ccc(Br)cc1)S(=O)(=O)c1ccccc1Cl)c1ccccc1. The summed E-state index contributed by atoms with van der Waals surface area (Å²) >= 11 is 9.44. The molecule has 136 valence electrons. The monoisotopic (exact) mass is 460 g/mol. The fourth-order valence-corrected chi connectivity index (χ4v) is 4.67. The Bertz CT molecular complexity index is 1110. The van der Waals surface area contributed by atoms with E-state index in [4.69, 9.17) is 11.6 Å². The maximum Gasteiger partial charge on any atom is 0.211 e. The molecule has 0 radical (unpaired) electrons. The molecule has 0 aliphatic rings. The van der Waals surface area contributed by atoms with Gasteiger partial charge < -0.3 is 0 Å². The molecule has 0 saturated heterocycles. The third-order valence-corrected chi connectivity index (χ3v) is 6.63. The molecular formula is C21H14BrClO3S. The molecule has 27 heavy (non-hydrogen) atoms. The molecule has 0 amide bonds. The summed E-state index contributed by atoms with van der Waals surface area (Å²) in [5.74, 6) is -0.585. The maximum atomic E-state index is 13.3. The van der Waals surface area contributed by atoms with Gasteiger partial charge in [0.25, 0.3) is 0 Å². The van der Waals surface area contributed by atoms with Crippen molar-refractivity contribution in [2.75, 3.05) is 0 Å². The highest BCUT2D eigenvalue weighted by molar-refractivity contribution is 9.10. The van der Waals surface area contributed by atoms with Gasteiger partial charge in [0, 0.05) is 10.0 Å². The number of allylic oxidation sites excluding steroid dienone is 1. The van der Waals surface area contributed by atoms with E-state index in [9.17, 15) is 13.2 Å². The summed E-state index contributed by atoms with van der Waals surface area (Å²) in [6, 6.07) is 21.4. The van der Waals surface area contributed by atoms with E-state index in [-0.39, 0.29) is 20.4 Å². The Morgan fingerprint density at radius 2 is 1.44 bits per heavy atom. The highest BCUT2D eigenvalue weighted by atomic mass is 79.9. The minimum Gasteiger partial charge on any atom is -0.288 e. The lowest BCUT2D eigenvalue weighted by Crippen LogP contribution is -2.15. The number of benzene rings is 3. The molecule has 0 aliphatic heterocycles. The minimum absolute atomic E-state index is 0.0695. The van der Waals surface area contributed by atoms with Gasteiger partial charge in [0.15, 0.2) is 0 Å². The molecule has 0 saturated carbocycles. The predicted molar refractivity (Wildman–Crippen MR) is 112 cm³/mol. The topological polar surface area (TPSA) is 51.2 Å². The smallest absolute Gasteiger partial charge is 0.211 e. The second-order valence-corrected chi connectivity index (χ2v) is 8.90. The lowest BCUT2D eigenvalue weighted by Gasteiger charge is -2.11. The number of ketones is 1. The van der Waals surface area contributed by atoms with Crippen molar-refractivity contribution in [1.29, 1.82) is 0 Å². The number of rotatable bonds is 5. The Labute approximate surface area is 171 Å². The molecule has 0 spiro atoms. The summed E-state index contributed by atoms with van der Waals surface area (Å²) in [6.45, 7) is 0. The van der Waals surface area contributed by atoms with Gasteiger partial charge in [-0.2, -0.15) is 0 Å². The second-order valence-electron chi connectivity index (χ2n) is 5.69. The summed E-state index contributed by atoms with van der Waals surface area (Å²) in [4.78, 5) is 12.6. The van der Waals surface area contributed by atoms with Crippen LogP contribution in [0.2, 0.25) is 5.02 Å². The number of hydrogen-bond acceptors (Lipinski definition) is 3. The van der Waals surface area contributed by atoms with Gasteiger partial charge in [-0.3, -0.25) is 4.79 Å². The zero-order chi connectivity index (χ0) is 19.4. The van der Waals surface area contributed by atoms with Crippen molar-refractivity contribution in [3.63, 3.8) is 0 Å². The fraction of sp³-hybridized carbons (Fsp3) is 0. The van der Waals surface area contributed by atoms with Crippen molar-refractivity contribution >= 4 is 49.2 Å². The van der Waals surface area contributed by atoms with E-state index in [0.717, 1.165) is 4.47 Å². The number of Topliss-reactive ketones (excluding diaryl/α,β-unsaturated/α-hetero) is 1. The van der Waals surface area contributed by atoms with Crippen LogP contribution in [-0.2, 0) is 9.84 Å². The Morgan fingerprint density at radius 3 is 2.07 bits per heavy atom. The molecule has 3 rings (SSSR count). The number of carbonyl (C=O) groups excluding carboxylic acids is 1. The van der Waals surface area contributed by atoms with Gasteiger partial charge in [0.05, 0.1) is 9.92 Å². The Hall–Kier alpha value is -2.21. The van der Waals surface area contributed by atoms with Crippen LogP contribution in [0.5, 0.6) is 0 Å². The molecule has 0 unspecified atom stereocenters. The van der Waals surface area contributed by atoms with Gasteiger partial charge >= 0.3 is 0 Å². The average molecular weight is 462 g/mol. The van der Waals surface area contributed by atoms with Crippen molar-refractivity contribution in [3.8, 4) is 0 Å². The molecule has 3 nitrogen and oxygen atoms in total. The summed E-state index contributed by atoms with van der Waals surface area (Å²) in [5.41, 5.74) is 0.879. The first-order chi connectivity index (χ1) is 12.9. The lowest BCUT2D eigenvalue weighted by molar-refractivity contribution is 0.104. The molecule has 0 aliphatic carbocycles. The molecule has 0 aromatic heterocycles. The number of carbonyl (C=O) groups is 1. The number of sulfone groups is 1. The van der Waals surface area contributed by atoms with E-state index in [2.05, 4.69) is 15.9 Å². The van der Waals surface area contributed by atoms with E-state index in [1.54, 1.807) is 66.7 Å². The van der Waals surface area contributed by atoms with Gasteiger partial charge in [-0.25, -0.2) is 8.42 Å². The quantitative estimate of drug-likeness (QED) is 0.356. The zero-order valence-corrected chi connectivity index (χ0v) is 17.1. The van der Waals surface area contributed by atoms with E-state index < -0.39 is 15.6 Å². The molecule has 0 atom stereocenters. The predicted octanol–water partition coefficient (Wildman–Crippen LogP) is 5.80. The van der Waals surface area contributed by atoms with E-state index in [1.807, 2.05) is 0 Å². The summed E-state index contributed by atoms with van der Waals surface area (Å²) < 4.78 is 27.4.